The highest BCUT2D eigenvalue weighted by atomic mass is 32.2. The number of benzene rings is 1. The summed E-state index contributed by atoms with van der Waals surface area (Å²) in [4.78, 5) is 0.384. The molecule has 0 heterocycles. The van der Waals surface area contributed by atoms with Crippen molar-refractivity contribution in [2.75, 3.05) is 19.8 Å². The zero-order valence-electron chi connectivity index (χ0n) is 12.0. The fourth-order valence-corrected chi connectivity index (χ4v) is 3.31. The van der Waals surface area contributed by atoms with Gasteiger partial charge in [0, 0.05) is 18.7 Å². The van der Waals surface area contributed by atoms with Crippen LogP contribution in [0.15, 0.2) is 23.1 Å². The fraction of sp³-hybridized carbons (Fsp3) is 0.500. The summed E-state index contributed by atoms with van der Waals surface area (Å²) in [5.41, 5.74) is 6.74. The van der Waals surface area contributed by atoms with Crippen LogP contribution in [0.4, 0.5) is 0 Å². The first kappa shape index (κ1) is 16.4. The molecule has 0 aliphatic heterocycles. The molecule has 7 heteroatoms. The third-order valence-electron chi connectivity index (χ3n) is 3.35. The van der Waals surface area contributed by atoms with E-state index in [9.17, 15) is 8.42 Å². The van der Waals surface area contributed by atoms with Crippen molar-refractivity contribution in [3.8, 4) is 0 Å². The molecule has 5 nitrogen and oxygen atoms in total. The molecule has 1 aliphatic rings. The van der Waals surface area contributed by atoms with E-state index in [0.717, 1.165) is 6.61 Å². The summed E-state index contributed by atoms with van der Waals surface area (Å²) in [6, 6.07) is 4.92. The van der Waals surface area contributed by atoms with Gasteiger partial charge in [0.2, 0.25) is 10.0 Å². The molecule has 1 aromatic rings. The van der Waals surface area contributed by atoms with E-state index >= 15 is 0 Å². The molecule has 0 spiro atoms. The molecule has 1 fully saturated rings. The van der Waals surface area contributed by atoms with Crippen molar-refractivity contribution in [2.45, 2.75) is 24.7 Å². The summed E-state index contributed by atoms with van der Waals surface area (Å²) >= 11 is 4.88. The van der Waals surface area contributed by atoms with Gasteiger partial charge in [-0.25, -0.2) is 13.1 Å². The van der Waals surface area contributed by atoms with Gasteiger partial charge in [-0.3, -0.25) is 0 Å². The molecule has 0 bridgehead atoms. The molecular weight excluding hydrogens is 308 g/mol. The minimum Gasteiger partial charge on any atom is -0.389 e. The van der Waals surface area contributed by atoms with Crippen molar-refractivity contribution < 1.29 is 13.2 Å². The van der Waals surface area contributed by atoms with Crippen molar-refractivity contribution >= 4 is 27.2 Å². The van der Waals surface area contributed by atoms with Crippen molar-refractivity contribution in [3.63, 3.8) is 0 Å². The smallest absolute Gasteiger partial charge is 0.240 e. The first-order valence-electron chi connectivity index (χ1n) is 6.88. The van der Waals surface area contributed by atoms with Gasteiger partial charge >= 0.3 is 0 Å². The zero-order valence-corrected chi connectivity index (χ0v) is 13.6. The Morgan fingerprint density at radius 2 is 2.19 bits per heavy atom. The van der Waals surface area contributed by atoms with Crippen LogP contribution in [0.2, 0.25) is 0 Å². The molecule has 0 unspecified atom stereocenters. The number of rotatable bonds is 8. The summed E-state index contributed by atoms with van der Waals surface area (Å²) in [5.74, 6) is 0.672. The van der Waals surface area contributed by atoms with Crippen molar-refractivity contribution in [3.05, 3.63) is 29.3 Å². The Morgan fingerprint density at radius 1 is 1.48 bits per heavy atom. The second-order valence-corrected chi connectivity index (χ2v) is 7.44. The summed E-state index contributed by atoms with van der Waals surface area (Å²) < 4.78 is 32.5. The van der Waals surface area contributed by atoms with Gasteiger partial charge in [0.25, 0.3) is 0 Å². The van der Waals surface area contributed by atoms with Crippen LogP contribution in [0.1, 0.15) is 24.0 Å². The summed E-state index contributed by atoms with van der Waals surface area (Å²) in [7, 11) is -3.58. The molecule has 116 valence electrons. The second-order valence-electron chi connectivity index (χ2n) is 5.26. The van der Waals surface area contributed by atoms with Crippen LogP contribution in [0.5, 0.6) is 0 Å². The van der Waals surface area contributed by atoms with E-state index < -0.39 is 10.0 Å². The Balaban J connectivity index is 1.97. The highest BCUT2D eigenvalue weighted by molar-refractivity contribution is 7.89. The zero-order chi connectivity index (χ0) is 15.5. The van der Waals surface area contributed by atoms with Gasteiger partial charge < -0.3 is 10.5 Å². The molecule has 1 saturated carbocycles. The van der Waals surface area contributed by atoms with Gasteiger partial charge in [-0.15, -0.1) is 0 Å². The molecule has 0 radical (unpaired) electrons. The Labute approximate surface area is 130 Å². The van der Waals surface area contributed by atoms with Gasteiger partial charge in [0.1, 0.15) is 4.99 Å². The lowest BCUT2D eigenvalue weighted by atomic mass is 10.1. The predicted molar refractivity (Wildman–Crippen MR) is 85.8 cm³/mol. The number of ether oxygens (including phenoxy) is 1. The molecule has 0 aromatic heterocycles. The number of aryl methyl sites for hydroxylation is 1. The quantitative estimate of drug-likeness (QED) is 0.556. The average Bonchev–Trinajstić information content (AvgIpc) is 3.22. The first-order chi connectivity index (χ1) is 9.90. The van der Waals surface area contributed by atoms with Crippen LogP contribution in [0.25, 0.3) is 0 Å². The molecular formula is C14H20N2O3S2. The van der Waals surface area contributed by atoms with Gasteiger partial charge in [-0.1, -0.05) is 24.4 Å². The molecule has 0 amide bonds. The lowest BCUT2D eigenvalue weighted by Crippen LogP contribution is -2.28. The third kappa shape index (κ3) is 4.74. The van der Waals surface area contributed by atoms with Crippen LogP contribution in [-0.4, -0.2) is 33.2 Å². The largest absolute Gasteiger partial charge is 0.389 e. The van der Waals surface area contributed by atoms with E-state index in [1.54, 1.807) is 19.1 Å². The van der Waals surface area contributed by atoms with Crippen molar-refractivity contribution in [1.82, 2.24) is 4.72 Å². The van der Waals surface area contributed by atoms with Crippen molar-refractivity contribution in [1.29, 1.82) is 0 Å². The molecule has 0 saturated heterocycles. The van der Waals surface area contributed by atoms with Gasteiger partial charge in [0.05, 0.1) is 11.5 Å². The maximum absolute atomic E-state index is 12.3. The molecule has 1 aliphatic carbocycles. The number of nitrogens with one attached hydrogen (secondary N) is 1. The maximum atomic E-state index is 12.3. The topological polar surface area (TPSA) is 81.4 Å². The lowest BCUT2D eigenvalue weighted by Gasteiger charge is -2.11. The summed E-state index contributed by atoms with van der Waals surface area (Å²) in [6.07, 6.45) is 2.44. The third-order valence-corrected chi connectivity index (χ3v) is 5.19. The monoisotopic (exact) mass is 328 g/mol. The highest BCUT2D eigenvalue weighted by Gasteiger charge is 2.21. The average molecular weight is 328 g/mol. The fourth-order valence-electron chi connectivity index (χ4n) is 1.90. The minimum absolute atomic E-state index is 0.180. The number of thiocarbonyl (C=S) groups is 1. The molecule has 2 rings (SSSR count). The van der Waals surface area contributed by atoms with E-state index in [2.05, 4.69) is 4.72 Å². The Hall–Kier alpha value is -1.02. The standard InChI is InChI=1S/C14H20N2O3S2/c1-10-2-5-12(14(15)20)8-13(10)21(17,18)16-6-7-19-9-11-3-4-11/h2,5,8,11,16H,3-4,6-7,9H2,1H3,(H2,15,20). The van der Waals surface area contributed by atoms with Gasteiger partial charge in [-0.2, -0.15) is 0 Å². The van der Waals surface area contributed by atoms with Crippen molar-refractivity contribution in [2.24, 2.45) is 11.7 Å². The molecule has 0 atom stereocenters. The number of sulfonamides is 1. The lowest BCUT2D eigenvalue weighted by molar-refractivity contribution is 0.129. The van der Waals surface area contributed by atoms with Crippen LogP contribution in [0, 0.1) is 12.8 Å². The van der Waals surface area contributed by atoms with E-state index in [4.69, 9.17) is 22.7 Å². The Kier molecular flexibility index (Phi) is 5.32. The minimum atomic E-state index is -3.58. The van der Waals surface area contributed by atoms with E-state index in [1.807, 2.05) is 0 Å². The highest BCUT2D eigenvalue weighted by Crippen LogP contribution is 2.28. The van der Waals surface area contributed by atoms with Crippen LogP contribution in [-0.2, 0) is 14.8 Å². The SMILES string of the molecule is Cc1ccc(C(N)=S)cc1S(=O)(=O)NCCOCC1CC1. The Morgan fingerprint density at radius 3 is 2.81 bits per heavy atom. The molecule has 3 N–H and O–H groups in total. The predicted octanol–water partition coefficient (Wildman–Crippen LogP) is 1.33. The van der Waals surface area contributed by atoms with Crippen LogP contribution < -0.4 is 10.5 Å². The van der Waals surface area contributed by atoms with E-state index in [-0.39, 0.29) is 16.4 Å². The number of nitrogens with two attached hydrogens (primary N) is 1. The van der Waals surface area contributed by atoms with E-state index in [0.29, 0.717) is 23.7 Å². The summed E-state index contributed by atoms with van der Waals surface area (Å²) in [6.45, 7) is 3.09. The number of hydrogen-bond acceptors (Lipinski definition) is 4. The Bertz CT molecular complexity index is 625. The number of hydrogen-bond donors (Lipinski definition) is 2. The first-order valence-corrected chi connectivity index (χ1v) is 8.77. The second kappa shape index (κ2) is 6.83. The maximum Gasteiger partial charge on any atom is 0.240 e. The normalized spacial score (nSPS) is 15.1. The van der Waals surface area contributed by atoms with Gasteiger partial charge in [0.15, 0.2) is 0 Å². The van der Waals surface area contributed by atoms with Crippen LogP contribution >= 0.6 is 12.2 Å². The van der Waals surface area contributed by atoms with Gasteiger partial charge in [-0.05, 0) is 37.3 Å². The molecule has 21 heavy (non-hydrogen) atoms. The molecule has 1 aromatic carbocycles. The summed E-state index contributed by atoms with van der Waals surface area (Å²) in [5, 5.41) is 0. The van der Waals surface area contributed by atoms with E-state index in [1.165, 1.54) is 18.9 Å². The van der Waals surface area contributed by atoms with Crippen LogP contribution in [0.3, 0.4) is 0 Å².